The van der Waals surface area contributed by atoms with Crippen LogP contribution in [0.25, 0.3) is 0 Å². The lowest BCUT2D eigenvalue weighted by Crippen LogP contribution is -2.37. The molecule has 1 heterocycles. The molecule has 19 heavy (non-hydrogen) atoms. The first-order valence-corrected chi connectivity index (χ1v) is 6.62. The molecule has 106 valence electrons. The minimum absolute atomic E-state index is 0.188. The van der Waals surface area contributed by atoms with Crippen LogP contribution in [-0.4, -0.2) is 34.2 Å². The summed E-state index contributed by atoms with van der Waals surface area (Å²) in [6.07, 6.45) is 3.42. The van der Waals surface area contributed by atoms with Crippen LogP contribution in [0.4, 0.5) is 4.39 Å². The Morgan fingerprint density at radius 1 is 1.42 bits per heavy atom. The van der Waals surface area contributed by atoms with Crippen molar-refractivity contribution >= 4 is 0 Å². The van der Waals surface area contributed by atoms with Crippen LogP contribution in [0.5, 0.6) is 5.75 Å². The van der Waals surface area contributed by atoms with E-state index in [0.717, 1.165) is 19.4 Å². The molecule has 1 atom stereocenters. The molecule has 1 saturated heterocycles. The zero-order chi connectivity index (χ0) is 13.8. The molecule has 1 aliphatic rings. The maximum atomic E-state index is 13.9. The summed E-state index contributed by atoms with van der Waals surface area (Å²) in [5.41, 5.74) is 0.379. The van der Waals surface area contributed by atoms with Gasteiger partial charge in [0.15, 0.2) is 0 Å². The first kappa shape index (κ1) is 14.2. The molecule has 1 aromatic carbocycles. The second-order valence-electron chi connectivity index (χ2n) is 4.98. The minimum Gasteiger partial charge on any atom is -0.441 e. The molecule has 2 rings (SSSR count). The number of aliphatic hydroxyl groups excluding tert-OH is 1. The molecule has 0 amide bonds. The molecule has 0 bridgehead atoms. The predicted octanol–water partition coefficient (Wildman–Crippen LogP) is 1.85. The Balaban J connectivity index is 2.17. The Morgan fingerprint density at radius 2 is 2.21 bits per heavy atom. The summed E-state index contributed by atoms with van der Waals surface area (Å²) in [5.74, 6) is -0.191. The Hall–Kier alpha value is -1.17. The normalized spacial score (nSPS) is 20.8. The maximum Gasteiger partial charge on any atom is 0.310 e. The second kappa shape index (κ2) is 6.32. The molecule has 0 spiro atoms. The zero-order valence-corrected chi connectivity index (χ0v) is 11.1. The molecule has 1 fully saturated rings. The molecular weight excluding hydrogens is 249 g/mol. The van der Waals surface area contributed by atoms with Gasteiger partial charge < -0.3 is 14.9 Å². The van der Waals surface area contributed by atoms with Crippen molar-refractivity contribution in [3.8, 4) is 5.75 Å². The van der Waals surface area contributed by atoms with Crippen molar-refractivity contribution in [1.82, 2.24) is 4.90 Å². The lowest BCUT2D eigenvalue weighted by atomic mass is 10.0. The predicted molar refractivity (Wildman–Crippen MR) is 69.0 cm³/mol. The van der Waals surface area contributed by atoms with E-state index in [1.165, 1.54) is 18.6 Å². The molecule has 0 aliphatic carbocycles. The highest BCUT2D eigenvalue weighted by atomic mass is 19.1. The second-order valence-corrected chi connectivity index (χ2v) is 4.98. The largest absolute Gasteiger partial charge is 0.441 e. The number of rotatable bonds is 4. The van der Waals surface area contributed by atoms with Gasteiger partial charge in [-0.15, -0.1) is 0 Å². The quantitative estimate of drug-likeness (QED) is 0.819. The smallest absolute Gasteiger partial charge is 0.310 e. The molecular formula is C14H20FNO3. The fourth-order valence-corrected chi connectivity index (χ4v) is 2.51. The molecule has 0 saturated carbocycles. The number of likely N-dealkylation sites (tertiary alicyclic amines) is 1. The van der Waals surface area contributed by atoms with Crippen LogP contribution in [-0.2, 0) is 6.54 Å². The molecule has 1 aromatic rings. The minimum atomic E-state index is -1.93. The summed E-state index contributed by atoms with van der Waals surface area (Å²) in [4.78, 5) is 2.19. The van der Waals surface area contributed by atoms with Gasteiger partial charge in [0, 0.05) is 18.2 Å². The van der Waals surface area contributed by atoms with Gasteiger partial charge in [-0.1, -0.05) is 12.5 Å². The van der Waals surface area contributed by atoms with Crippen molar-refractivity contribution < 1.29 is 19.3 Å². The van der Waals surface area contributed by atoms with Crippen molar-refractivity contribution in [3.05, 3.63) is 29.6 Å². The summed E-state index contributed by atoms with van der Waals surface area (Å²) in [6, 6.07) is 4.81. The topological polar surface area (TPSA) is 52.9 Å². The Kier molecular flexibility index (Phi) is 4.74. The fourth-order valence-electron chi connectivity index (χ4n) is 2.51. The summed E-state index contributed by atoms with van der Waals surface area (Å²) < 4.78 is 18.8. The van der Waals surface area contributed by atoms with Crippen molar-refractivity contribution in [3.63, 3.8) is 0 Å². The highest BCUT2D eigenvalue weighted by Crippen LogP contribution is 2.27. The molecule has 1 aliphatic heterocycles. The SMILES string of the molecule is CC1CCCCN1Cc1c(F)cccc1OC(O)O. The maximum absolute atomic E-state index is 13.9. The number of hydrogen-bond donors (Lipinski definition) is 2. The highest BCUT2D eigenvalue weighted by Gasteiger charge is 2.22. The molecule has 5 heteroatoms. The van der Waals surface area contributed by atoms with E-state index in [9.17, 15) is 4.39 Å². The Labute approximate surface area is 112 Å². The first-order valence-electron chi connectivity index (χ1n) is 6.62. The van der Waals surface area contributed by atoms with E-state index in [2.05, 4.69) is 11.8 Å². The van der Waals surface area contributed by atoms with Crippen molar-refractivity contribution in [2.24, 2.45) is 0 Å². The Bertz CT molecular complexity index is 425. The fraction of sp³-hybridized carbons (Fsp3) is 0.571. The molecule has 0 radical (unpaired) electrons. The number of ether oxygens (including phenoxy) is 1. The van der Waals surface area contributed by atoms with E-state index >= 15 is 0 Å². The van der Waals surface area contributed by atoms with Crippen molar-refractivity contribution in [2.75, 3.05) is 6.54 Å². The van der Waals surface area contributed by atoms with Gasteiger partial charge in [0.1, 0.15) is 11.6 Å². The van der Waals surface area contributed by atoms with Crippen LogP contribution in [0.3, 0.4) is 0 Å². The lowest BCUT2D eigenvalue weighted by Gasteiger charge is -2.33. The number of hydrogen-bond acceptors (Lipinski definition) is 4. The van der Waals surface area contributed by atoms with Gasteiger partial charge in [-0.25, -0.2) is 4.39 Å². The number of piperidine rings is 1. The number of aliphatic hydroxyl groups is 2. The van der Waals surface area contributed by atoms with Crippen molar-refractivity contribution in [2.45, 2.75) is 45.2 Å². The van der Waals surface area contributed by atoms with Crippen LogP contribution in [0.15, 0.2) is 18.2 Å². The third kappa shape index (κ3) is 3.65. The molecule has 2 N–H and O–H groups in total. The van der Waals surface area contributed by atoms with Crippen LogP contribution in [0, 0.1) is 5.82 Å². The summed E-state index contributed by atoms with van der Waals surface area (Å²) in [7, 11) is 0. The lowest BCUT2D eigenvalue weighted by molar-refractivity contribution is -0.180. The number of benzene rings is 1. The van der Waals surface area contributed by atoms with Gasteiger partial charge in [0.25, 0.3) is 0 Å². The van der Waals surface area contributed by atoms with Crippen LogP contribution >= 0.6 is 0 Å². The van der Waals surface area contributed by atoms with E-state index in [0.29, 0.717) is 18.2 Å². The van der Waals surface area contributed by atoms with Gasteiger partial charge in [0.05, 0.1) is 0 Å². The Morgan fingerprint density at radius 3 is 2.89 bits per heavy atom. The van der Waals surface area contributed by atoms with Crippen molar-refractivity contribution in [1.29, 1.82) is 0 Å². The van der Waals surface area contributed by atoms with E-state index in [1.807, 2.05) is 0 Å². The van der Waals surface area contributed by atoms with Crippen LogP contribution in [0.2, 0.25) is 0 Å². The van der Waals surface area contributed by atoms with E-state index < -0.39 is 6.48 Å². The van der Waals surface area contributed by atoms with Crippen LogP contribution < -0.4 is 4.74 Å². The van der Waals surface area contributed by atoms with Gasteiger partial charge in [-0.2, -0.15) is 0 Å². The monoisotopic (exact) mass is 269 g/mol. The zero-order valence-electron chi connectivity index (χ0n) is 11.1. The average Bonchev–Trinajstić information content (AvgIpc) is 2.35. The third-order valence-corrected chi connectivity index (χ3v) is 3.61. The highest BCUT2D eigenvalue weighted by molar-refractivity contribution is 5.34. The van der Waals surface area contributed by atoms with Gasteiger partial charge >= 0.3 is 6.48 Å². The molecule has 0 aromatic heterocycles. The number of halogens is 1. The summed E-state index contributed by atoms with van der Waals surface area (Å²) in [6.45, 7) is 1.55. The summed E-state index contributed by atoms with van der Waals surface area (Å²) in [5, 5.41) is 17.8. The van der Waals surface area contributed by atoms with Gasteiger partial charge in [-0.3, -0.25) is 4.90 Å². The first-order chi connectivity index (χ1) is 9.08. The molecule has 1 unspecified atom stereocenters. The molecule has 4 nitrogen and oxygen atoms in total. The number of nitrogens with zero attached hydrogens (tertiary/aromatic N) is 1. The average molecular weight is 269 g/mol. The van der Waals surface area contributed by atoms with Gasteiger partial charge in [0.2, 0.25) is 0 Å². The van der Waals surface area contributed by atoms with E-state index in [4.69, 9.17) is 14.9 Å². The third-order valence-electron chi connectivity index (χ3n) is 3.61. The standard InChI is InChI=1S/C14H20FNO3/c1-10-5-2-3-8-16(10)9-11-12(15)6-4-7-13(11)19-14(17)18/h4,6-7,10,14,17-18H,2-3,5,8-9H2,1H3. The van der Waals surface area contributed by atoms with Gasteiger partial charge in [-0.05, 0) is 38.4 Å². The van der Waals surface area contributed by atoms with Crippen LogP contribution in [0.1, 0.15) is 31.7 Å². The van der Waals surface area contributed by atoms with E-state index in [1.54, 1.807) is 6.07 Å². The summed E-state index contributed by atoms with van der Waals surface area (Å²) >= 11 is 0. The van der Waals surface area contributed by atoms with E-state index in [-0.39, 0.29) is 11.6 Å².